The summed E-state index contributed by atoms with van der Waals surface area (Å²) < 4.78 is 26.8. The first-order valence-corrected chi connectivity index (χ1v) is 9.05. The zero-order valence-corrected chi connectivity index (χ0v) is 14.3. The van der Waals surface area contributed by atoms with Crippen molar-refractivity contribution in [2.45, 2.75) is 46.6 Å². The molecular weight excluding hydrogens is 282 g/mol. The number of hydrogen-bond donors (Lipinski definition) is 1. The van der Waals surface area contributed by atoms with Crippen LogP contribution in [-0.2, 0) is 10.0 Å². The molecule has 0 aliphatic carbocycles. The van der Waals surface area contributed by atoms with Gasteiger partial charge in [0.2, 0.25) is 10.0 Å². The van der Waals surface area contributed by atoms with Crippen LogP contribution in [0.2, 0.25) is 0 Å². The van der Waals surface area contributed by atoms with Crippen molar-refractivity contribution in [3.8, 4) is 0 Å². The Bertz CT molecular complexity index is 542. The maximum atomic E-state index is 12.0. The highest BCUT2D eigenvalue weighted by atomic mass is 32.2. The predicted octanol–water partition coefficient (Wildman–Crippen LogP) is 4.05. The summed E-state index contributed by atoms with van der Waals surface area (Å²) in [4.78, 5) is 0. The van der Waals surface area contributed by atoms with Crippen molar-refractivity contribution in [1.82, 2.24) is 4.72 Å². The van der Waals surface area contributed by atoms with Crippen molar-refractivity contribution in [3.63, 3.8) is 0 Å². The monoisotopic (exact) mass is 309 g/mol. The molecular formula is C17H27NO2S. The minimum absolute atomic E-state index is 0.130. The molecule has 0 unspecified atom stereocenters. The molecule has 21 heavy (non-hydrogen) atoms. The minimum Gasteiger partial charge on any atom is -0.212 e. The quantitative estimate of drug-likeness (QED) is 0.772. The average molecular weight is 309 g/mol. The zero-order valence-electron chi connectivity index (χ0n) is 13.5. The van der Waals surface area contributed by atoms with Crippen molar-refractivity contribution in [3.05, 3.63) is 48.0 Å². The van der Waals surface area contributed by atoms with E-state index in [-0.39, 0.29) is 17.2 Å². The van der Waals surface area contributed by atoms with Gasteiger partial charge in [-0.25, -0.2) is 13.1 Å². The zero-order chi connectivity index (χ0) is 15.9. The average Bonchev–Trinajstić information content (AvgIpc) is 2.37. The third-order valence-electron chi connectivity index (χ3n) is 3.11. The van der Waals surface area contributed by atoms with E-state index in [0.717, 1.165) is 12.0 Å². The van der Waals surface area contributed by atoms with Gasteiger partial charge in [-0.3, -0.25) is 0 Å². The van der Waals surface area contributed by atoms with Crippen LogP contribution in [0, 0.1) is 5.41 Å². The molecule has 0 bridgehead atoms. The molecule has 1 aromatic carbocycles. The van der Waals surface area contributed by atoms with Gasteiger partial charge in [0.05, 0.1) is 5.75 Å². The van der Waals surface area contributed by atoms with Gasteiger partial charge < -0.3 is 0 Å². The first-order chi connectivity index (χ1) is 9.70. The highest BCUT2D eigenvalue weighted by Crippen LogP contribution is 2.19. The van der Waals surface area contributed by atoms with E-state index in [0.29, 0.717) is 6.42 Å². The third-order valence-corrected chi connectivity index (χ3v) is 4.59. The fourth-order valence-corrected chi connectivity index (χ4v) is 3.15. The molecule has 0 amide bonds. The summed E-state index contributed by atoms with van der Waals surface area (Å²) in [6, 6.07) is 9.40. The highest BCUT2D eigenvalue weighted by molar-refractivity contribution is 7.89. The summed E-state index contributed by atoms with van der Waals surface area (Å²) >= 11 is 0. The van der Waals surface area contributed by atoms with Crippen LogP contribution in [-0.4, -0.2) is 14.2 Å². The molecule has 1 aromatic rings. The second-order valence-electron chi connectivity index (χ2n) is 6.59. The van der Waals surface area contributed by atoms with Gasteiger partial charge in [-0.1, -0.05) is 63.3 Å². The van der Waals surface area contributed by atoms with Crippen LogP contribution in [0.4, 0.5) is 0 Å². The molecule has 1 N–H and O–H groups in total. The van der Waals surface area contributed by atoms with Crippen LogP contribution in [0.1, 0.15) is 52.1 Å². The van der Waals surface area contributed by atoms with Crippen LogP contribution < -0.4 is 4.72 Å². The Morgan fingerprint density at radius 1 is 1.14 bits per heavy atom. The molecule has 0 saturated carbocycles. The standard InChI is InChI=1S/C17H27NO2S/c1-15(16-11-7-5-8-12-16)18-21(19,20)14-10-6-9-13-17(2,3)4/h5-9,11-12,15,18H,10,13-14H2,1-4H3/b9-6-/t15-/m1/s1. The number of rotatable bonds is 7. The third kappa shape index (κ3) is 8.02. The lowest BCUT2D eigenvalue weighted by Crippen LogP contribution is -2.29. The molecule has 4 heteroatoms. The Morgan fingerprint density at radius 2 is 1.76 bits per heavy atom. The van der Waals surface area contributed by atoms with Crippen LogP contribution >= 0.6 is 0 Å². The van der Waals surface area contributed by atoms with Gasteiger partial charge in [-0.2, -0.15) is 0 Å². The molecule has 0 aliphatic heterocycles. The summed E-state index contributed by atoms with van der Waals surface area (Å²) in [7, 11) is -3.25. The Hall–Kier alpha value is -1.13. The van der Waals surface area contributed by atoms with Crippen molar-refractivity contribution < 1.29 is 8.42 Å². The molecule has 1 rings (SSSR count). The van der Waals surface area contributed by atoms with Gasteiger partial charge in [0.15, 0.2) is 0 Å². The normalized spacial score (nSPS) is 14.5. The van der Waals surface area contributed by atoms with E-state index in [1.807, 2.05) is 43.3 Å². The smallest absolute Gasteiger partial charge is 0.212 e. The van der Waals surface area contributed by atoms with E-state index < -0.39 is 10.0 Å². The largest absolute Gasteiger partial charge is 0.212 e. The maximum absolute atomic E-state index is 12.0. The maximum Gasteiger partial charge on any atom is 0.212 e. The molecule has 0 aromatic heterocycles. The minimum atomic E-state index is -3.25. The second-order valence-corrected chi connectivity index (χ2v) is 8.47. The van der Waals surface area contributed by atoms with Gasteiger partial charge in [0.1, 0.15) is 0 Å². The Kier molecular flexibility index (Phi) is 6.62. The van der Waals surface area contributed by atoms with E-state index in [9.17, 15) is 8.42 Å². The number of allylic oxidation sites excluding steroid dienone is 2. The lowest BCUT2D eigenvalue weighted by molar-refractivity contribution is 0.420. The summed E-state index contributed by atoms with van der Waals surface area (Å²) in [5.74, 6) is 0.130. The molecule has 0 fully saturated rings. The molecule has 0 radical (unpaired) electrons. The molecule has 0 spiro atoms. The van der Waals surface area contributed by atoms with Gasteiger partial charge >= 0.3 is 0 Å². The van der Waals surface area contributed by atoms with Crippen LogP contribution in [0.15, 0.2) is 42.5 Å². The first kappa shape index (κ1) is 17.9. The van der Waals surface area contributed by atoms with Crippen LogP contribution in [0.5, 0.6) is 0 Å². The second kappa shape index (κ2) is 7.76. The molecule has 0 aliphatic rings. The number of hydrogen-bond acceptors (Lipinski definition) is 2. The lowest BCUT2D eigenvalue weighted by Gasteiger charge is -2.15. The first-order valence-electron chi connectivity index (χ1n) is 7.39. The number of benzene rings is 1. The van der Waals surface area contributed by atoms with Crippen molar-refractivity contribution >= 4 is 10.0 Å². The van der Waals surface area contributed by atoms with Gasteiger partial charge in [0.25, 0.3) is 0 Å². The van der Waals surface area contributed by atoms with E-state index >= 15 is 0 Å². The SMILES string of the molecule is C[C@@H](NS(=O)(=O)CC/C=C\CC(C)(C)C)c1ccccc1. The van der Waals surface area contributed by atoms with Gasteiger partial charge in [-0.05, 0) is 30.7 Å². The molecule has 3 nitrogen and oxygen atoms in total. The van der Waals surface area contributed by atoms with Crippen molar-refractivity contribution in [2.24, 2.45) is 5.41 Å². The fraction of sp³-hybridized carbons (Fsp3) is 0.529. The van der Waals surface area contributed by atoms with E-state index in [2.05, 4.69) is 31.6 Å². The van der Waals surface area contributed by atoms with Crippen molar-refractivity contribution in [1.29, 1.82) is 0 Å². The van der Waals surface area contributed by atoms with E-state index in [4.69, 9.17) is 0 Å². The number of nitrogens with one attached hydrogen (secondary N) is 1. The predicted molar refractivity (Wildman–Crippen MR) is 89.6 cm³/mol. The summed E-state index contributed by atoms with van der Waals surface area (Å²) in [6.07, 6.45) is 5.53. The Morgan fingerprint density at radius 3 is 2.33 bits per heavy atom. The summed E-state index contributed by atoms with van der Waals surface area (Å²) in [6.45, 7) is 8.36. The van der Waals surface area contributed by atoms with Crippen molar-refractivity contribution in [2.75, 3.05) is 5.75 Å². The molecule has 118 valence electrons. The Labute approximate surface area is 129 Å². The summed E-state index contributed by atoms with van der Waals surface area (Å²) in [5.41, 5.74) is 1.22. The molecule has 0 saturated heterocycles. The topological polar surface area (TPSA) is 46.2 Å². The Balaban J connectivity index is 2.44. The van der Waals surface area contributed by atoms with Crippen LogP contribution in [0.3, 0.4) is 0 Å². The lowest BCUT2D eigenvalue weighted by atomic mass is 9.92. The highest BCUT2D eigenvalue weighted by Gasteiger charge is 2.14. The number of sulfonamides is 1. The fourth-order valence-electron chi connectivity index (χ4n) is 1.92. The van der Waals surface area contributed by atoms with E-state index in [1.54, 1.807) is 0 Å². The van der Waals surface area contributed by atoms with Gasteiger partial charge in [-0.15, -0.1) is 0 Å². The van der Waals surface area contributed by atoms with Gasteiger partial charge in [0, 0.05) is 6.04 Å². The van der Waals surface area contributed by atoms with Crippen LogP contribution in [0.25, 0.3) is 0 Å². The van der Waals surface area contributed by atoms with E-state index in [1.165, 1.54) is 0 Å². The summed E-state index contributed by atoms with van der Waals surface area (Å²) in [5, 5.41) is 0. The molecule has 0 heterocycles. The molecule has 1 atom stereocenters.